The zero-order valence-corrected chi connectivity index (χ0v) is 19.4. The molecule has 8 heteroatoms. The van der Waals surface area contributed by atoms with Crippen molar-refractivity contribution >= 4 is 50.8 Å². The van der Waals surface area contributed by atoms with Crippen LogP contribution in [0.2, 0.25) is 10.0 Å². The monoisotopic (exact) mass is 496 g/mol. The van der Waals surface area contributed by atoms with E-state index >= 15 is 0 Å². The van der Waals surface area contributed by atoms with E-state index in [1.165, 1.54) is 4.68 Å². The summed E-state index contributed by atoms with van der Waals surface area (Å²) in [6, 6.07) is 8.58. The van der Waals surface area contributed by atoms with Crippen molar-refractivity contribution in [2.24, 2.45) is 0 Å². The third-order valence-corrected chi connectivity index (χ3v) is 5.46. The zero-order chi connectivity index (χ0) is 21.3. The van der Waals surface area contributed by atoms with Crippen molar-refractivity contribution in [3.8, 4) is 17.2 Å². The van der Waals surface area contributed by atoms with Crippen molar-refractivity contribution in [3.63, 3.8) is 0 Å². The number of hydrogen-bond donors (Lipinski definition) is 1. The van der Waals surface area contributed by atoms with E-state index in [4.69, 9.17) is 32.7 Å². The van der Waals surface area contributed by atoms with Crippen molar-refractivity contribution in [2.45, 2.75) is 13.8 Å². The fraction of sp³-hybridized carbons (Fsp3) is 0.190. The zero-order valence-electron chi connectivity index (χ0n) is 16.3. The number of methoxy groups -OCH3 is 2. The number of benzene rings is 2. The SMILES string of the molecule is COc1cc(Br)c(C=c2c(=C(C)C)[nH]n(-c3cc(Cl)cc(Cl)c3)c2=O)cc1OC. The quantitative estimate of drug-likeness (QED) is 0.585. The average molecular weight is 498 g/mol. The molecule has 0 amide bonds. The number of nitrogens with one attached hydrogen (secondary N) is 1. The van der Waals surface area contributed by atoms with E-state index < -0.39 is 0 Å². The molecule has 0 spiro atoms. The fourth-order valence-electron chi connectivity index (χ4n) is 2.95. The summed E-state index contributed by atoms with van der Waals surface area (Å²) in [5.41, 5.74) is 2.07. The van der Waals surface area contributed by atoms with E-state index in [1.54, 1.807) is 44.6 Å². The summed E-state index contributed by atoms with van der Waals surface area (Å²) in [6.07, 6.45) is 1.80. The number of ether oxygens (including phenoxy) is 2. The standard InChI is InChI=1S/C21H19BrCl2N2O3/c1-11(2)20-16(5-12-6-18(28-3)19(29-4)10-17(12)22)21(27)26(25-20)15-8-13(23)7-14(24)9-15/h5-10,25H,1-4H3. The van der Waals surface area contributed by atoms with Gasteiger partial charge < -0.3 is 9.47 Å². The van der Waals surface area contributed by atoms with Crippen molar-refractivity contribution in [1.29, 1.82) is 0 Å². The predicted octanol–water partition coefficient (Wildman–Crippen LogP) is 4.27. The van der Waals surface area contributed by atoms with Crippen LogP contribution in [0.25, 0.3) is 17.3 Å². The molecule has 2 aromatic carbocycles. The normalized spacial score (nSPS) is 11.6. The topological polar surface area (TPSA) is 56.2 Å². The first-order chi connectivity index (χ1) is 13.7. The average Bonchev–Trinajstić information content (AvgIpc) is 2.99. The van der Waals surface area contributed by atoms with Crippen molar-refractivity contribution < 1.29 is 9.47 Å². The van der Waals surface area contributed by atoms with Gasteiger partial charge in [0.2, 0.25) is 0 Å². The van der Waals surface area contributed by atoms with E-state index in [2.05, 4.69) is 21.0 Å². The van der Waals surface area contributed by atoms with Crippen LogP contribution in [0.5, 0.6) is 11.5 Å². The molecule has 29 heavy (non-hydrogen) atoms. The van der Waals surface area contributed by atoms with Crippen LogP contribution in [-0.2, 0) is 0 Å². The van der Waals surface area contributed by atoms with Gasteiger partial charge in [-0.2, -0.15) is 0 Å². The molecule has 0 saturated heterocycles. The van der Waals surface area contributed by atoms with Gasteiger partial charge in [0, 0.05) is 14.5 Å². The number of H-pyrrole nitrogens is 1. The lowest BCUT2D eigenvalue weighted by atomic mass is 10.1. The van der Waals surface area contributed by atoms with Crippen LogP contribution in [0.15, 0.2) is 39.6 Å². The third-order valence-electron chi connectivity index (χ3n) is 4.33. The fourth-order valence-corrected chi connectivity index (χ4v) is 3.90. The molecule has 1 heterocycles. The first-order valence-corrected chi connectivity index (χ1v) is 10.2. The molecular formula is C21H19BrCl2N2O3. The minimum atomic E-state index is -0.221. The Morgan fingerprint density at radius 2 is 1.62 bits per heavy atom. The summed E-state index contributed by atoms with van der Waals surface area (Å²) >= 11 is 15.8. The summed E-state index contributed by atoms with van der Waals surface area (Å²) < 4.78 is 12.9. The molecule has 0 aliphatic heterocycles. The Bertz CT molecular complexity index is 1240. The van der Waals surface area contributed by atoms with Crippen LogP contribution < -0.4 is 25.6 Å². The number of aromatic amines is 1. The minimum absolute atomic E-state index is 0.221. The second kappa shape index (κ2) is 8.69. The molecule has 0 atom stereocenters. The minimum Gasteiger partial charge on any atom is -0.493 e. The second-order valence-corrected chi connectivity index (χ2v) is 8.27. The highest BCUT2D eigenvalue weighted by Gasteiger charge is 2.12. The smallest absolute Gasteiger partial charge is 0.279 e. The van der Waals surface area contributed by atoms with Gasteiger partial charge in [-0.25, -0.2) is 4.68 Å². The van der Waals surface area contributed by atoms with Gasteiger partial charge in [-0.1, -0.05) is 44.7 Å². The second-order valence-electron chi connectivity index (χ2n) is 6.54. The largest absolute Gasteiger partial charge is 0.493 e. The Morgan fingerprint density at radius 3 is 2.17 bits per heavy atom. The molecule has 1 aromatic heterocycles. The lowest BCUT2D eigenvalue weighted by molar-refractivity contribution is 0.354. The first kappa shape index (κ1) is 21.6. The Kier molecular flexibility index (Phi) is 6.46. The highest BCUT2D eigenvalue weighted by atomic mass is 79.9. The molecule has 0 saturated carbocycles. The Balaban J connectivity index is 2.33. The van der Waals surface area contributed by atoms with Gasteiger partial charge in [-0.05, 0) is 55.8 Å². The molecular weight excluding hydrogens is 479 g/mol. The molecule has 0 radical (unpaired) electrons. The van der Waals surface area contributed by atoms with Gasteiger partial charge in [0.25, 0.3) is 5.56 Å². The molecule has 3 aromatic rings. The lowest BCUT2D eigenvalue weighted by Crippen LogP contribution is -2.35. The molecule has 0 unspecified atom stereocenters. The van der Waals surface area contributed by atoms with E-state index in [1.807, 2.05) is 19.9 Å². The number of aromatic nitrogens is 2. The molecule has 3 rings (SSSR count). The molecule has 0 aliphatic carbocycles. The van der Waals surface area contributed by atoms with E-state index in [0.29, 0.717) is 37.8 Å². The van der Waals surface area contributed by atoms with E-state index in [9.17, 15) is 4.79 Å². The highest BCUT2D eigenvalue weighted by Crippen LogP contribution is 2.33. The summed E-state index contributed by atoms with van der Waals surface area (Å²) in [4.78, 5) is 13.2. The number of halogens is 3. The van der Waals surface area contributed by atoms with Crippen LogP contribution >= 0.6 is 39.1 Å². The summed E-state index contributed by atoms with van der Waals surface area (Å²) in [5, 5.41) is 5.27. The van der Waals surface area contributed by atoms with Gasteiger partial charge in [0.05, 0.1) is 30.5 Å². The molecule has 152 valence electrons. The number of nitrogens with zero attached hydrogens (tertiary/aromatic N) is 1. The Labute approximate surface area is 186 Å². The van der Waals surface area contributed by atoms with Crippen LogP contribution in [0, 0.1) is 0 Å². The van der Waals surface area contributed by atoms with Gasteiger partial charge in [-0.3, -0.25) is 9.89 Å². The highest BCUT2D eigenvalue weighted by molar-refractivity contribution is 9.10. The predicted molar refractivity (Wildman–Crippen MR) is 121 cm³/mol. The lowest BCUT2D eigenvalue weighted by Gasteiger charge is -2.09. The maximum Gasteiger partial charge on any atom is 0.279 e. The van der Waals surface area contributed by atoms with Crippen molar-refractivity contribution in [1.82, 2.24) is 9.78 Å². The van der Waals surface area contributed by atoms with Gasteiger partial charge in [0.1, 0.15) is 0 Å². The van der Waals surface area contributed by atoms with Gasteiger partial charge in [-0.15, -0.1) is 0 Å². The van der Waals surface area contributed by atoms with Crippen LogP contribution in [0.1, 0.15) is 19.4 Å². The van der Waals surface area contributed by atoms with Crippen LogP contribution in [-0.4, -0.2) is 24.0 Å². The molecule has 5 nitrogen and oxygen atoms in total. The van der Waals surface area contributed by atoms with E-state index in [-0.39, 0.29) is 5.56 Å². The van der Waals surface area contributed by atoms with Gasteiger partial charge in [0.15, 0.2) is 11.5 Å². The first-order valence-electron chi connectivity index (χ1n) is 8.63. The van der Waals surface area contributed by atoms with Crippen molar-refractivity contribution in [2.75, 3.05) is 14.2 Å². The Hall–Kier alpha value is -2.15. The van der Waals surface area contributed by atoms with E-state index in [0.717, 1.165) is 15.6 Å². The molecule has 0 bridgehead atoms. The number of hydrogen-bond acceptors (Lipinski definition) is 3. The van der Waals surface area contributed by atoms with Crippen molar-refractivity contribution in [3.05, 3.63) is 71.3 Å². The van der Waals surface area contributed by atoms with Crippen LogP contribution in [0.4, 0.5) is 0 Å². The Morgan fingerprint density at radius 1 is 1.03 bits per heavy atom. The summed E-state index contributed by atoms with van der Waals surface area (Å²) in [7, 11) is 3.14. The van der Waals surface area contributed by atoms with Crippen LogP contribution in [0.3, 0.4) is 0 Å². The molecule has 0 aliphatic rings. The molecule has 0 fully saturated rings. The third kappa shape index (κ3) is 4.39. The summed E-state index contributed by atoms with van der Waals surface area (Å²) in [6.45, 7) is 3.86. The van der Waals surface area contributed by atoms with Gasteiger partial charge >= 0.3 is 0 Å². The summed E-state index contributed by atoms with van der Waals surface area (Å²) in [5.74, 6) is 1.16. The maximum absolute atomic E-state index is 13.2. The maximum atomic E-state index is 13.2. The number of rotatable bonds is 4. The molecule has 1 N–H and O–H groups in total.